The van der Waals surface area contributed by atoms with Crippen LogP contribution in [-0.2, 0) is 4.74 Å². The second-order valence-corrected chi connectivity index (χ2v) is 8.11. The Morgan fingerprint density at radius 1 is 1.07 bits per heavy atom. The van der Waals surface area contributed by atoms with Gasteiger partial charge in [0.1, 0.15) is 6.61 Å². The summed E-state index contributed by atoms with van der Waals surface area (Å²) in [6.07, 6.45) is -0.247. The van der Waals surface area contributed by atoms with Crippen LogP contribution in [0.2, 0.25) is 0 Å². The first-order valence-electron chi connectivity index (χ1n) is 9.44. The highest BCUT2D eigenvalue weighted by atomic mass is 16.6. The Morgan fingerprint density at radius 2 is 1.59 bits per heavy atom. The van der Waals surface area contributed by atoms with Gasteiger partial charge in [-0.05, 0) is 48.6 Å². The van der Waals surface area contributed by atoms with E-state index in [1.165, 1.54) is 27.8 Å². The van der Waals surface area contributed by atoms with Crippen LogP contribution in [0.4, 0.5) is 4.79 Å². The molecule has 0 aromatic heterocycles. The zero-order chi connectivity index (χ0) is 19.2. The minimum Gasteiger partial charge on any atom is -0.448 e. The van der Waals surface area contributed by atoms with E-state index >= 15 is 0 Å². The van der Waals surface area contributed by atoms with E-state index in [0.717, 1.165) is 5.57 Å². The number of ether oxygens (including phenoxy) is 1. The highest BCUT2D eigenvalue weighted by Crippen LogP contribution is 2.44. The zero-order valence-electron chi connectivity index (χ0n) is 16.2. The monoisotopic (exact) mass is 362 g/mol. The molecule has 4 nitrogen and oxygen atoms in total. The molecule has 27 heavy (non-hydrogen) atoms. The van der Waals surface area contributed by atoms with Crippen LogP contribution in [0, 0.1) is 0 Å². The summed E-state index contributed by atoms with van der Waals surface area (Å²) in [5, 5.41) is 0. The molecule has 1 fully saturated rings. The number of benzene rings is 2. The third kappa shape index (κ3) is 3.15. The largest absolute Gasteiger partial charge is 0.448 e. The van der Waals surface area contributed by atoms with E-state index in [9.17, 15) is 4.79 Å². The Hall–Kier alpha value is -2.59. The second-order valence-electron chi connectivity index (χ2n) is 8.11. The van der Waals surface area contributed by atoms with Crippen molar-refractivity contribution in [2.24, 2.45) is 5.73 Å². The summed E-state index contributed by atoms with van der Waals surface area (Å²) in [6.45, 7) is 7.62. The average Bonchev–Trinajstić information content (AvgIpc) is 2.92. The highest BCUT2D eigenvalue weighted by molar-refractivity contribution is 5.79. The molecule has 0 atom stereocenters. The third-order valence-electron chi connectivity index (χ3n) is 5.85. The van der Waals surface area contributed by atoms with Gasteiger partial charge >= 0.3 is 6.09 Å². The van der Waals surface area contributed by atoms with Crippen LogP contribution in [0.5, 0.6) is 0 Å². The van der Waals surface area contributed by atoms with Crippen molar-refractivity contribution in [2.75, 3.05) is 19.7 Å². The summed E-state index contributed by atoms with van der Waals surface area (Å²) in [5.41, 5.74) is 13.1. The fourth-order valence-electron chi connectivity index (χ4n) is 3.92. The second kappa shape index (κ2) is 6.54. The van der Waals surface area contributed by atoms with Gasteiger partial charge in [0.05, 0.1) is 0 Å². The lowest BCUT2D eigenvalue weighted by atomic mass is 9.89. The lowest BCUT2D eigenvalue weighted by Crippen LogP contribution is -2.48. The van der Waals surface area contributed by atoms with E-state index in [1.807, 2.05) is 32.9 Å². The molecule has 1 aliphatic heterocycles. The molecule has 4 heteroatoms. The molecule has 0 saturated carbocycles. The number of carbonyl (C=O) groups excluding carboxylic acids is 1. The molecule has 2 aromatic carbocycles. The van der Waals surface area contributed by atoms with Crippen molar-refractivity contribution < 1.29 is 9.53 Å². The molecule has 2 aromatic rings. The molecule has 0 radical (unpaired) electrons. The van der Waals surface area contributed by atoms with Gasteiger partial charge < -0.3 is 15.4 Å². The maximum absolute atomic E-state index is 12.5. The summed E-state index contributed by atoms with van der Waals surface area (Å²) in [6, 6.07) is 16.7. The zero-order valence-corrected chi connectivity index (χ0v) is 16.2. The smallest absolute Gasteiger partial charge is 0.410 e. The van der Waals surface area contributed by atoms with Crippen molar-refractivity contribution in [1.29, 1.82) is 0 Å². The van der Waals surface area contributed by atoms with Crippen LogP contribution >= 0.6 is 0 Å². The molecule has 1 amide bonds. The Kier molecular flexibility index (Phi) is 4.31. The van der Waals surface area contributed by atoms with Crippen molar-refractivity contribution in [1.82, 2.24) is 4.90 Å². The summed E-state index contributed by atoms with van der Waals surface area (Å²) >= 11 is 0. The van der Waals surface area contributed by atoms with Crippen LogP contribution in [0.15, 0.2) is 59.7 Å². The van der Waals surface area contributed by atoms with Gasteiger partial charge in [-0.25, -0.2) is 4.79 Å². The minimum atomic E-state index is -0.345. The summed E-state index contributed by atoms with van der Waals surface area (Å²) < 4.78 is 5.69. The van der Waals surface area contributed by atoms with E-state index in [2.05, 4.69) is 36.4 Å². The van der Waals surface area contributed by atoms with E-state index in [4.69, 9.17) is 10.5 Å². The molecule has 140 valence electrons. The molecule has 0 unspecified atom stereocenters. The first-order valence-corrected chi connectivity index (χ1v) is 9.44. The number of hydrogen-bond acceptors (Lipinski definition) is 3. The van der Waals surface area contributed by atoms with Crippen LogP contribution in [0.25, 0.3) is 11.1 Å². The topological polar surface area (TPSA) is 55.6 Å². The fraction of sp³-hybridized carbons (Fsp3) is 0.348. The number of fused-ring (bicyclic) bond motifs is 3. The number of nitrogens with zero attached hydrogens (tertiary/aromatic N) is 1. The van der Waals surface area contributed by atoms with E-state index in [1.54, 1.807) is 4.90 Å². The quantitative estimate of drug-likeness (QED) is 0.828. The maximum atomic E-state index is 12.5. The van der Waals surface area contributed by atoms with Gasteiger partial charge in [-0.2, -0.15) is 0 Å². The van der Waals surface area contributed by atoms with Crippen molar-refractivity contribution in [2.45, 2.75) is 32.2 Å². The Morgan fingerprint density at radius 3 is 2.11 bits per heavy atom. The average molecular weight is 362 g/mol. The van der Waals surface area contributed by atoms with Crippen LogP contribution in [0.3, 0.4) is 0 Å². The molecule has 1 aliphatic carbocycles. The van der Waals surface area contributed by atoms with Crippen molar-refractivity contribution in [3.63, 3.8) is 0 Å². The minimum absolute atomic E-state index is 0.0994. The Balaban J connectivity index is 1.44. The molecule has 2 N–H and O–H groups in total. The van der Waals surface area contributed by atoms with Gasteiger partial charge in [-0.1, -0.05) is 54.1 Å². The summed E-state index contributed by atoms with van der Waals surface area (Å²) in [7, 11) is 0. The van der Waals surface area contributed by atoms with E-state index in [0.29, 0.717) is 19.7 Å². The summed E-state index contributed by atoms with van der Waals surface area (Å²) in [5.74, 6) is 0.0994. The molecule has 2 aliphatic rings. The van der Waals surface area contributed by atoms with Crippen molar-refractivity contribution >= 4 is 6.09 Å². The lowest BCUT2D eigenvalue weighted by molar-refractivity contribution is 0.0932. The third-order valence-corrected chi connectivity index (χ3v) is 5.85. The number of hydrogen-bond donors (Lipinski definition) is 1. The molecule has 1 saturated heterocycles. The molecule has 0 bridgehead atoms. The van der Waals surface area contributed by atoms with Gasteiger partial charge in [0.15, 0.2) is 0 Å². The van der Waals surface area contributed by atoms with Crippen LogP contribution < -0.4 is 5.73 Å². The Bertz CT molecular complexity index is 870. The van der Waals surface area contributed by atoms with Gasteiger partial charge in [-0.3, -0.25) is 0 Å². The fourth-order valence-corrected chi connectivity index (χ4v) is 3.92. The maximum Gasteiger partial charge on any atom is 0.410 e. The van der Waals surface area contributed by atoms with Gasteiger partial charge in [0.25, 0.3) is 0 Å². The van der Waals surface area contributed by atoms with Crippen molar-refractivity contribution in [3.05, 3.63) is 70.8 Å². The standard InChI is InChI=1S/C23H26N2O2/c1-15(23(2,3)24)16-12-25(13-16)22(26)27-14-21-19-10-6-4-8-17(19)18-9-5-7-11-20(18)21/h4-11,21H,12-14,24H2,1-3H3. The first-order chi connectivity index (χ1) is 12.9. The molecule has 4 rings (SSSR count). The lowest BCUT2D eigenvalue weighted by Gasteiger charge is -2.37. The molecule has 1 heterocycles. The number of amides is 1. The van der Waals surface area contributed by atoms with Crippen LogP contribution in [-0.4, -0.2) is 36.2 Å². The molecular weight excluding hydrogens is 336 g/mol. The van der Waals surface area contributed by atoms with Gasteiger partial charge in [0, 0.05) is 24.5 Å². The van der Waals surface area contributed by atoms with E-state index in [-0.39, 0.29) is 17.6 Å². The SMILES string of the molecule is CC(=C1CN(C(=O)OCC2c3ccccc3-c3ccccc32)C1)C(C)(C)N. The highest BCUT2D eigenvalue weighted by Gasteiger charge is 2.33. The predicted molar refractivity (Wildman–Crippen MR) is 108 cm³/mol. The number of carbonyl (C=O) groups is 1. The normalized spacial score (nSPS) is 15.9. The first kappa shape index (κ1) is 17.8. The van der Waals surface area contributed by atoms with Gasteiger partial charge in [0.2, 0.25) is 0 Å². The van der Waals surface area contributed by atoms with Crippen LogP contribution in [0.1, 0.15) is 37.8 Å². The number of nitrogens with two attached hydrogens (primary N) is 1. The summed E-state index contributed by atoms with van der Waals surface area (Å²) in [4.78, 5) is 14.2. The number of rotatable bonds is 3. The molecule has 0 spiro atoms. The van der Waals surface area contributed by atoms with E-state index < -0.39 is 0 Å². The predicted octanol–water partition coefficient (Wildman–Crippen LogP) is 4.30. The van der Waals surface area contributed by atoms with Crippen molar-refractivity contribution in [3.8, 4) is 11.1 Å². The van der Waals surface area contributed by atoms with Gasteiger partial charge in [-0.15, -0.1) is 0 Å². The number of likely N-dealkylation sites (tertiary alicyclic amines) is 1. The Labute approximate surface area is 160 Å². The molecular formula is C23H26N2O2.